The molecule has 0 aromatic rings. The second-order valence-electron chi connectivity index (χ2n) is 5.04. The Labute approximate surface area is 88.3 Å². The first-order valence-electron chi connectivity index (χ1n) is 6.20. The zero-order valence-corrected chi connectivity index (χ0v) is 9.76. The minimum atomic E-state index is 0.587. The Balaban J connectivity index is 1.96. The number of hydrogen-bond acceptors (Lipinski definition) is 2. The van der Waals surface area contributed by atoms with Crippen LogP contribution in [0, 0.1) is 0 Å². The summed E-state index contributed by atoms with van der Waals surface area (Å²) in [6.07, 6.45) is 7.11. The van der Waals surface area contributed by atoms with E-state index in [0.717, 1.165) is 0 Å². The largest absolute Gasteiger partial charge is 0.303 e. The van der Waals surface area contributed by atoms with E-state index in [9.17, 15) is 0 Å². The molecule has 0 radical (unpaired) electrons. The fourth-order valence-electron chi connectivity index (χ4n) is 3.15. The summed E-state index contributed by atoms with van der Waals surface area (Å²) in [6, 6.07) is 0. The molecule has 0 unspecified atom stereocenters. The van der Waals surface area contributed by atoms with Crippen LogP contribution in [-0.4, -0.2) is 48.6 Å². The first-order valence-corrected chi connectivity index (χ1v) is 6.20. The minimum Gasteiger partial charge on any atom is -0.303 e. The van der Waals surface area contributed by atoms with Crippen molar-refractivity contribution in [1.82, 2.24) is 9.80 Å². The van der Waals surface area contributed by atoms with Gasteiger partial charge in [0.25, 0.3) is 0 Å². The van der Waals surface area contributed by atoms with E-state index >= 15 is 0 Å². The van der Waals surface area contributed by atoms with E-state index in [0.29, 0.717) is 5.54 Å². The van der Waals surface area contributed by atoms with E-state index in [1.807, 2.05) is 0 Å². The monoisotopic (exact) mass is 196 g/mol. The van der Waals surface area contributed by atoms with Gasteiger partial charge in [0, 0.05) is 5.54 Å². The predicted octanol–water partition coefficient (Wildman–Crippen LogP) is 1.96. The number of hydrogen-bond donors (Lipinski definition) is 0. The molecule has 0 aliphatic carbocycles. The predicted molar refractivity (Wildman–Crippen MR) is 60.6 cm³/mol. The van der Waals surface area contributed by atoms with Crippen molar-refractivity contribution in [3.8, 4) is 0 Å². The van der Waals surface area contributed by atoms with Crippen LogP contribution in [-0.2, 0) is 0 Å². The summed E-state index contributed by atoms with van der Waals surface area (Å²) in [5, 5.41) is 0. The van der Waals surface area contributed by atoms with Gasteiger partial charge in [0.05, 0.1) is 0 Å². The molecule has 0 N–H and O–H groups in total. The maximum Gasteiger partial charge on any atom is 0.0230 e. The molecule has 2 nitrogen and oxygen atoms in total. The highest BCUT2D eigenvalue weighted by molar-refractivity contribution is 4.96. The zero-order chi connectivity index (χ0) is 10.0. The van der Waals surface area contributed by atoms with Crippen LogP contribution in [0.2, 0.25) is 0 Å². The molecule has 0 aromatic carbocycles. The highest BCUT2D eigenvalue weighted by atomic mass is 15.2. The summed E-state index contributed by atoms with van der Waals surface area (Å²) in [4.78, 5) is 5.23. The topological polar surface area (TPSA) is 6.48 Å². The Bertz CT molecular complexity index is 183. The standard InChI is InChI=1S/C12H24N2/c1-3-14-10-7-12(8-11-14)6-4-5-9-13(12)2/h3-11H2,1-2H3. The van der Waals surface area contributed by atoms with E-state index in [1.54, 1.807) is 0 Å². The van der Waals surface area contributed by atoms with Crippen LogP contribution in [0.25, 0.3) is 0 Å². The summed E-state index contributed by atoms with van der Waals surface area (Å²) < 4.78 is 0. The minimum absolute atomic E-state index is 0.587. The number of piperidine rings is 2. The Morgan fingerprint density at radius 1 is 1.00 bits per heavy atom. The third-order valence-electron chi connectivity index (χ3n) is 4.43. The van der Waals surface area contributed by atoms with Crippen LogP contribution in [0.5, 0.6) is 0 Å². The average Bonchev–Trinajstić information content (AvgIpc) is 2.24. The fraction of sp³-hybridized carbons (Fsp3) is 1.00. The lowest BCUT2D eigenvalue weighted by atomic mass is 9.79. The van der Waals surface area contributed by atoms with Crippen LogP contribution in [0.1, 0.15) is 39.0 Å². The van der Waals surface area contributed by atoms with Gasteiger partial charge < -0.3 is 9.80 Å². The quantitative estimate of drug-likeness (QED) is 0.632. The van der Waals surface area contributed by atoms with Gasteiger partial charge in [-0.3, -0.25) is 0 Å². The summed E-state index contributed by atoms with van der Waals surface area (Å²) in [5.74, 6) is 0. The molecule has 2 aliphatic heterocycles. The van der Waals surface area contributed by atoms with Crippen molar-refractivity contribution in [3.63, 3.8) is 0 Å². The second kappa shape index (κ2) is 4.19. The van der Waals surface area contributed by atoms with Crippen molar-refractivity contribution in [2.45, 2.75) is 44.6 Å². The molecule has 2 heteroatoms. The molecule has 0 atom stereocenters. The molecular formula is C12H24N2. The van der Waals surface area contributed by atoms with Crippen molar-refractivity contribution < 1.29 is 0 Å². The van der Waals surface area contributed by atoms with E-state index < -0.39 is 0 Å². The van der Waals surface area contributed by atoms with Crippen molar-refractivity contribution in [3.05, 3.63) is 0 Å². The highest BCUT2D eigenvalue weighted by Crippen LogP contribution is 2.35. The summed E-state index contributed by atoms with van der Waals surface area (Å²) in [6.45, 7) is 7.48. The second-order valence-corrected chi connectivity index (χ2v) is 5.04. The molecule has 2 aliphatic rings. The number of likely N-dealkylation sites (tertiary alicyclic amines) is 2. The first kappa shape index (κ1) is 10.4. The normalized spacial score (nSPS) is 29.6. The van der Waals surface area contributed by atoms with Crippen molar-refractivity contribution in [1.29, 1.82) is 0 Å². The lowest BCUT2D eigenvalue weighted by molar-refractivity contribution is 0.0116. The highest BCUT2D eigenvalue weighted by Gasteiger charge is 2.38. The molecule has 2 rings (SSSR count). The molecule has 2 fully saturated rings. The van der Waals surface area contributed by atoms with Gasteiger partial charge in [0.1, 0.15) is 0 Å². The molecule has 1 spiro atoms. The molecule has 0 aromatic heterocycles. The molecule has 0 bridgehead atoms. The summed E-state index contributed by atoms with van der Waals surface area (Å²) >= 11 is 0. The van der Waals surface area contributed by atoms with Gasteiger partial charge in [-0.15, -0.1) is 0 Å². The van der Waals surface area contributed by atoms with E-state index in [-0.39, 0.29) is 0 Å². The fourth-order valence-corrected chi connectivity index (χ4v) is 3.15. The van der Waals surface area contributed by atoms with Crippen LogP contribution in [0.4, 0.5) is 0 Å². The van der Waals surface area contributed by atoms with Gasteiger partial charge in [-0.05, 0) is 58.9 Å². The van der Waals surface area contributed by atoms with Crippen LogP contribution >= 0.6 is 0 Å². The van der Waals surface area contributed by atoms with Gasteiger partial charge >= 0.3 is 0 Å². The first-order chi connectivity index (χ1) is 6.77. The Kier molecular flexibility index (Phi) is 3.13. The molecule has 82 valence electrons. The third-order valence-corrected chi connectivity index (χ3v) is 4.43. The van der Waals surface area contributed by atoms with Crippen molar-refractivity contribution in [2.75, 3.05) is 33.2 Å². The lowest BCUT2D eigenvalue weighted by Crippen LogP contribution is -2.55. The van der Waals surface area contributed by atoms with Gasteiger partial charge in [-0.25, -0.2) is 0 Å². The average molecular weight is 196 g/mol. The summed E-state index contributed by atoms with van der Waals surface area (Å²) in [5.41, 5.74) is 0.587. The molecule has 14 heavy (non-hydrogen) atoms. The number of nitrogens with zero attached hydrogens (tertiary/aromatic N) is 2. The van der Waals surface area contributed by atoms with Gasteiger partial charge in [0.2, 0.25) is 0 Å². The molecular weight excluding hydrogens is 172 g/mol. The molecule has 2 saturated heterocycles. The Hall–Kier alpha value is -0.0800. The number of rotatable bonds is 1. The maximum absolute atomic E-state index is 2.64. The van der Waals surface area contributed by atoms with Gasteiger partial charge in [-0.1, -0.05) is 13.3 Å². The SMILES string of the molecule is CCN1CCC2(CCCCN2C)CC1. The third kappa shape index (κ3) is 1.82. The Morgan fingerprint density at radius 2 is 1.71 bits per heavy atom. The van der Waals surface area contributed by atoms with Crippen molar-refractivity contribution >= 4 is 0 Å². The maximum atomic E-state index is 2.64. The molecule has 2 heterocycles. The smallest absolute Gasteiger partial charge is 0.0230 e. The van der Waals surface area contributed by atoms with Crippen LogP contribution < -0.4 is 0 Å². The molecule has 0 saturated carbocycles. The van der Waals surface area contributed by atoms with E-state index in [2.05, 4.69) is 23.8 Å². The van der Waals surface area contributed by atoms with E-state index in [1.165, 1.54) is 58.3 Å². The summed E-state index contributed by atoms with van der Waals surface area (Å²) in [7, 11) is 2.33. The van der Waals surface area contributed by atoms with Gasteiger partial charge in [-0.2, -0.15) is 0 Å². The van der Waals surface area contributed by atoms with Crippen LogP contribution in [0.15, 0.2) is 0 Å². The van der Waals surface area contributed by atoms with Crippen LogP contribution in [0.3, 0.4) is 0 Å². The lowest BCUT2D eigenvalue weighted by Gasteiger charge is -2.50. The van der Waals surface area contributed by atoms with Gasteiger partial charge in [0.15, 0.2) is 0 Å². The van der Waals surface area contributed by atoms with Crippen molar-refractivity contribution in [2.24, 2.45) is 0 Å². The van der Waals surface area contributed by atoms with E-state index in [4.69, 9.17) is 0 Å². The molecule has 0 amide bonds. The Morgan fingerprint density at radius 3 is 2.29 bits per heavy atom. The zero-order valence-electron chi connectivity index (χ0n) is 9.76.